The van der Waals surface area contributed by atoms with Crippen LogP contribution in [0.25, 0.3) is 22.4 Å². The molecule has 0 unspecified atom stereocenters. The third kappa shape index (κ3) is 3.57. The molecule has 130 valence electrons. The third-order valence-electron chi connectivity index (χ3n) is 4.36. The average Bonchev–Trinajstić information content (AvgIpc) is 3.02. The Balaban J connectivity index is 1.91. The van der Waals surface area contributed by atoms with Gasteiger partial charge >= 0.3 is 0 Å². The van der Waals surface area contributed by atoms with Crippen LogP contribution >= 0.6 is 0 Å². The number of rotatable bonds is 6. The molecule has 0 spiro atoms. The van der Waals surface area contributed by atoms with Gasteiger partial charge < -0.3 is 16.0 Å². The molecule has 3 rings (SSSR count). The van der Waals surface area contributed by atoms with Gasteiger partial charge in [-0.3, -0.25) is 4.79 Å². The summed E-state index contributed by atoms with van der Waals surface area (Å²) in [6.07, 6.45) is 4.79. The molecule has 1 atom stereocenters. The van der Waals surface area contributed by atoms with Gasteiger partial charge in [-0.05, 0) is 17.9 Å². The number of nitrogens with zero attached hydrogens (tertiary/aromatic N) is 4. The molecule has 3 aromatic heterocycles. The molecule has 0 aliphatic rings. The van der Waals surface area contributed by atoms with Gasteiger partial charge in [0.25, 0.3) is 0 Å². The molecule has 0 bridgehead atoms. The normalized spacial score (nSPS) is 12.5. The maximum Gasteiger partial charge on any atom is 0.250 e. The number of carbonyl (C=O) groups is 1. The Morgan fingerprint density at radius 2 is 2.12 bits per heavy atom. The van der Waals surface area contributed by atoms with Gasteiger partial charge in [0.05, 0.1) is 11.8 Å². The zero-order valence-corrected chi connectivity index (χ0v) is 14.4. The van der Waals surface area contributed by atoms with Crippen molar-refractivity contribution in [2.75, 3.05) is 11.9 Å². The van der Waals surface area contributed by atoms with Gasteiger partial charge in [-0.1, -0.05) is 20.8 Å². The van der Waals surface area contributed by atoms with Gasteiger partial charge in [0.2, 0.25) is 5.91 Å². The van der Waals surface area contributed by atoms with Crippen LogP contribution in [-0.4, -0.2) is 37.6 Å². The van der Waals surface area contributed by atoms with Crippen molar-refractivity contribution in [3.05, 3.63) is 30.2 Å². The molecule has 8 heteroatoms. The second kappa shape index (κ2) is 6.84. The number of fused-ring (bicyclic) bond motifs is 1. The number of H-pyrrole nitrogens is 1. The molecule has 25 heavy (non-hydrogen) atoms. The summed E-state index contributed by atoms with van der Waals surface area (Å²) in [4.78, 5) is 23.2. The summed E-state index contributed by atoms with van der Waals surface area (Å²) in [6.45, 7) is 7.36. The third-order valence-corrected chi connectivity index (χ3v) is 4.36. The molecule has 1 amide bonds. The SMILES string of the molecule is CC(C)[C@H](C)CNc1cnnc(-c2c[nH]c3ncc(C(N)=O)cc23)n1. The summed E-state index contributed by atoms with van der Waals surface area (Å²) in [5.41, 5.74) is 7.03. The predicted molar refractivity (Wildman–Crippen MR) is 95.9 cm³/mol. The first kappa shape index (κ1) is 16.8. The van der Waals surface area contributed by atoms with Gasteiger partial charge in [-0.2, -0.15) is 5.10 Å². The van der Waals surface area contributed by atoms with Crippen LogP contribution in [0, 0.1) is 11.8 Å². The van der Waals surface area contributed by atoms with E-state index in [2.05, 4.69) is 51.2 Å². The molecule has 0 saturated heterocycles. The smallest absolute Gasteiger partial charge is 0.250 e. The van der Waals surface area contributed by atoms with Crippen molar-refractivity contribution in [2.24, 2.45) is 17.6 Å². The number of aromatic nitrogens is 5. The lowest BCUT2D eigenvalue weighted by molar-refractivity contribution is 0.1000. The zero-order valence-electron chi connectivity index (χ0n) is 14.4. The number of hydrogen-bond donors (Lipinski definition) is 3. The van der Waals surface area contributed by atoms with Gasteiger partial charge in [0, 0.05) is 29.9 Å². The summed E-state index contributed by atoms with van der Waals surface area (Å²) in [5, 5.41) is 12.2. The average molecular weight is 339 g/mol. The van der Waals surface area contributed by atoms with Crippen LogP contribution in [0.5, 0.6) is 0 Å². The van der Waals surface area contributed by atoms with Crippen molar-refractivity contribution in [1.29, 1.82) is 0 Å². The summed E-state index contributed by atoms with van der Waals surface area (Å²) in [5.74, 6) is 1.67. The molecular formula is C17H21N7O. The van der Waals surface area contributed by atoms with Crippen molar-refractivity contribution in [2.45, 2.75) is 20.8 Å². The van der Waals surface area contributed by atoms with Gasteiger partial charge in [0.1, 0.15) is 11.5 Å². The van der Waals surface area contributed by atoms with E-state index in [0.29, 0.717) is 34.7 Å². The highest BCUT2D eigenvalue weighted by atomic mass is 16.1. The fraction of sp³-hybridized carbons (Fsp3) is 0.353. The number of amides is 1. The van der Waals surface area contributed by atoms with Crippen molar-refractivity contribution in [3.8, 4) is 11.4 Å². The van der Waals surface area contributed by atoms with E-state index < -0.39 is 5.91 Å². The van der Waals surface area contributed by atoms with Crippen LogP contribution in [-0.2, 0) is 0 Å². The highest BCUT2D eigenvalue weighted by Gasteiger charge is 2.14. The predicted octanol–water partition coefficient (Wildman–Crippen LogP) is 2.22. The molecule has 0 saturated carbocycles. The van der Waals surface area contributed by atoms with Crippen LogP contribution in [0.3, 0.4) is 0 Å². The first-order chi connectivity index (χ1) is 12.0. The Kier molecular flexibility index (Phi) is 4.60. The molecule has 8 nitrogen and oxygen atoms in total. The molecular weight excluding hydrogens is 318 g/mol. The Morgan fingerprint density at radius 1 is 1.32 bits per heavy atom. The minimum Gasteiger partial charge on any atom is -0.368 e. The van der Waals surface area contributed by atoms with Crippen LogP contribution in [0.4, 0.5) is 5.82 Å². The molecule has 0 fully saturated rings. The first-order valence-electron chi connectivity index (χ1n) is 8.16. The van der Waals surface area contributed by atoms with Crippen LogP contribution in [0.2, 0.25) is 0 Å². The maximum absolute atomic E-state index is 11.4. The Bertz CT molecular complexity index is 903. The summed E-state index contributed by atoms with van der Waals surface area (Å²) < 4.78 is 0. The van der Waals surface area contributed by atoms with Crippen molar-refractivity contribution >= 4 is 22.8 Å². The molecule has 0 radical (unpaired) electrons. The molecule has 0 aliphatic heterocycles. The quantitative estimate of drug-likeness (QED) is 0.633. The molecule has 0 aliphatic carbocycles. The standard InChI is InChI=1S/C17H21N7O/c1-9(2)10(3)5-19-14-8-22-24-17(23-14)13-7-21-16-12(13)4-11(6-20-16)15(18)25/h4,6-10H,5H2,1-3H3,(H2,18,25)(H,20,21)(H,19,23,24)/t10-/m1/s1. The lowest BCUT2D eigenvalue weighted by Crippen LogP contribution is -2.17. The fourth-order valence-corrected chi connectivity index (χ4v) is 2.33. The van der Waals surface area contributed by atoms with Gasteiger partial charge in [0.15, 0.2) is 5.82 Å². The van der Waals surface area contributed by atoms with Crippen molar-refractivity contribution in [3.63, 3.8) is 0 Å². The molecule has 3 heterocycles. The van der Waals surface area contributed by atoms with E-state index in [4.69, 9.17) is 5.73 Å². The van der Waals surface area contributed by atoms with E-state index in [1.807, 2.05) is 0 Å². The minimum atomic E-state index is -0.529. The van der Waals surface area contributed by atoms with Crippen LogP contribution in [0.1, 0.15) is 31.1 Å². The highest BCUT2D eigenvalue weighted by Crippen LogP contribution is 2.26. The Labute approximate surface area is 145 Å². The zero-order chi connectivity index (χ0) is 18.0. The number of carbonyl (C=O) groups excluding carboxylic acids is 1. The lowest BCUT2D eigenvalue weighted by Gasteiger charge is -2.16. The molecule has 4 N–H and O–H groups in total. The first-order valence-corrected chi connectivity index (χ1v) is 8.16. The Hall–Kier alpha value is -3.03. The highest BCUT2D eigenvalue weighted by molar-refractivity contribution is 5.99. The summed E-state index contributed by atoms with van der Waals surface area (Å²) >= 11 is 0. The van der Waals surface area contributed by atoms with Crippen molar-refractivity contribution in [1.82, 2.24) is 25.1 Å². The van der Waals surface area contributed by atoms with Crippen molar-refractivity contribution < 1.29 is 4.79 Å². The maximum atomic E-state index is 11.4. The van der Waals surface area contributed by atoms with E-state index in [9.17, 15) is 4.79 Å². The van der Waals surface area contributed by atoms with Gasteiger partial charge in [-0.25, -0.2) is 9.97 Å². The van der Waals surface area contributed by atoms with E-state index in [-0.39, 0.29) is 0 Å². The second-order valence-electron chi connectivity index (χ2n) is 6.45. The largest absolute Gasteiger partial charge is 0.368 e. The van der Waals surface area contributed by atoms with Crippen LogP contribution < -0.4 is 11.1 Å². The number of aromatic amines is 1. The van der Waals surface area contributed by atoms with E-state index in [1.54, 1.807) is 18.5 Å². The van der Waals surface area contributed by atoms with Gasteiger partial charge in [-0.15, -0.1) is 5.10 Å². The minimum absolute atomic E-state index is 0.335. The van der Waals surface area contributed by atoms with E-state index in [1.165, 1.54) is 6.20 Å². The topological polar surface area (TPSA) is 122 Å². The molecule has 3 aromatic rings. The number of nitrogens with two attached hydrogens (primary N) is 1. The summed E-state index contributed by atoms with van der Waals surface area (Å²) in [6, 6.07) is 1.68. The number of primary amides is 1. The number of hydrogen-bond acceptors (Lipinski definition) is 6. The fourth-order valence-electron chi connectivity index (χ4n) is 2.33. The Morgan fingerprint density at radius 3 is 2.84 bits per heavy atom. The number of pyridine rings is 1. The molecule has 0 aromatic carbocycles. The number of nitrogens with one attached hydrogen (secondary N) is 2. The second-order valence-corrected chi connectivity index (χ2v) is 6.45. The lowest BCUT2D eigenvalue weighted by atomic mass is 9.98. The summed E-state index contributed by atoms with van der Waals surface area (Å²) in [7, 11) is 0. The monoisotopic (exact) mass is 339 g/mol. The number of anilines is 1. The van der Waals surface area contributed by atoms with E-state index >= 15 is 0 Å². The van der Waals surface area contributed by atoms with E-state index in [0.717, 1.165) is 17.5 Å². The van der Waals surface area contributed by atoms with Crippen LogP contribution in [0.15, 0.2) is 24.7 Å².